The van der Waals surface area contributed by atoms with Crippen molar-refractivity contribution in [2.75, 3.05) is 11.9 Å². The number of hydrogen-bond acceptors (Lipinski definition) is 4. The van der Waals surface area contributed by atoms with Crippen LogP contribution in [0.2, 0.25) is 0 Å². The molecule has 1 atom stereocenters. The van der Waals surface area contributed by atoms with Crippen LogP contribution in [0.1, 0.15) is 38.3 Å². The second-order valence-electron chi connectivity index (χ2n) is 4.85. The summed E-state index contributed by atoms with van der Waals surface area (Å²) < 4.78 is 0. The molecule has 0 bridgehead atoms. The molecule has 0 spiro atoms. The molecule has 0 aliphatic carbocycles. The number of carbonyl (C=O) groups is 2. The van der Waals surface area contributed by atoms with Gasteiger partial charge in [0.1, 0.15) is 6.04 Å². The zero-order valence-corrected chi connectivity index (χ0v) is 11.7. The molecule has 19 heavy (non-hydrogen) atoms. The van der Waals surface area contributed by atoms with Crippen molar-refractivity contribution in [3.05, 3.63) is 11.1 Å². The summed E-state index contributed by atoms with van der Waals surface area (Å²) in [5.41, 5.74) is 0.927. The summed E-state index contributed by atoms with van der Waals surface area (Å²) in [5, 5.41) is 14.1. The normalized spacial score (nSPS) is 18.9. The zero-order chi connectivity index (χ0) is 14.0. The number of nitrogens with one attached hydrogen (secondary N) is 1. The van der Waals surface area contributed by atoms with Crippen LogP contribution < -0.4 is 5.32 Å². The molecule has 1 saturated heterocycles. The van der Waals surface area contributed by atoms with E-state index < -0.39 is 12.0 Å². The molecule has 2 amide bonds. The molecule has 0 radical (unpaired) electrons. The van der Waals surface area contributed by atoms with Crippen LogP contribution in [0.15, 0.2) is 5.38 Å². The van der Waals surface area contributed by atoms with Crippen molar-refractivity contribution in [2.24, 2.45) is 0 Å². The predicted octanol–water partition coefficient (Wildman–Crippen LogP) is 2.35. The molecule has 2 N–H and O–H groups in total. The number of carboxylic acids is 1. The minimum atomic E-state index is -0.949. The Balaban J connectivity index is 2.02. The first kappa shape index (κ1) is 13.8. The highest BCUT2D eigenvalue weighted by atomic mass is 32.1. The van der Waals surface area contributed by atoms with Crippen LogP contribution in [0, 0.1) is 0 Å². The van der Waals surface area contributed by atoms with Crippen molar-refractivity contribution in [1.82, 2.24) is 9.88 Å². The van der Waals surface area contributed by atoms with E-state index in [9.17, 15) is 9.59 Å². The molecule has 1 aromatic heterocycles. The van der Waals surface area contributed by atoms with Crippen molar-refractivity contribution in [2.45, 2.75) is 38.6 Å². The molecule has 0 aromatic carbocycles. The van der Waals surface area contributed by atoms with Gasteiger partial charge in [0, 0.05) is 11.9 Å². The summed E-state index contributed by atoms with van der Waals surface area (Å²) in [6.45, 7) is 4.54. The van der Waals surface area contributed by atoms with Gasteiger partial charge < -0.3 is 10.0 Å². The van der Waals surface area contributed by atoms with E-state index in [1.807, 2.05) is 19.2 Å². The molecule has 6 nitrogen and oxygen atoms in total. The Hall–Kier alpha value is -1.63. The molecule has 2 rings (SSSR count). The number of nitrogens with zero attached hydrogens (tertiary/aromatic N) is 2. The monoisotopic (exact) mass is 283 g/mol. The first-order valence-corrected chi connectivity index (χ1v) is 7.13. The average molecular weight is 283 g/mol. The van der Waals surface area contributed by atoms with Crippen LogP contribution in [0.4, 0.5) is 9.93 Å². The largest absolute Gasteiger partial charge is 0.480 e. The quantitative estimate of drug-likeness (QED) is 0.892. The summed E-state index contributed by atoms with van der Waals surface area (Å²) >= 11 is 1.36. The van der Waals surface area contributed by atoms with Crippen molar-refractivity contribution in [1.29, 1.82) is 0 Å². The predicted molar refractivity (Wildman–Crippen MR) is 72.6 cm³/mol. The van der Waals surface area contributed by atoms with Crippen LogP contribution in [-0.4, -0.2) is 39.6 Å². The summed E-state index contributed by atoms with van der Waals surface area (Å²) in [4.78, 5) is 28.7. The minimum Gasteiger partial charge on any atom is -0.480 e. The lowest BCUT2D eigenvalue weighted by Gasteiger charge is -2.20. The molecule has 104 valence electrons. The lowest BCUT2D eigenvalue weighted by atomic mass is 10.2. The highest BCUT2D eigenvalue weighted by molar-refractivity contribution is 7.13. The van der Waals surface area contributed by atoms with Crippen LogP contribution in [-0.2, 0) is 4.79 Å². The van der Waals surface area contributed by atoms with Gasteiger partial charge >= 0.3 is 12.0 Å². The number of hydrogen-bond donors (Lipinski definition) is 2. The Morgan fingerprint density at radius 1 is 1.58 bits per heavy atom. The van der Waals surface area contributed by atoms with E-state index in [0.29, 0.717) is 24.0 Å². The molecule has 1 aromatic rings. The summed E-state index contributed by atoms with van der Waals surface area (Å²) in [5.74, 6) is -0.643. The highest BCUT2D eigenvalue weighted by Gasteiger charge is 2.34. The molecular formula is C12H17N3O3S. The standard InChI is InChI=1S/C12H17N3O3S/c1-7(2)8-6-19-11(13-8)14-12(18)15-5-3-4-9(15)10(16)17/h6-7,9H,3-5H2,1-2H3,(H,16,17)(H,13,14,18). The van der Waals surface area contributed by atoms with Crippen molar-refractivity contribution >= 4 is 28.5 Å². The van der Waals surface area contributed by atoms with Crippen molar-refractivity contribution in [3.63, 3.8) is 0 Å². The Bertz CT molecular complexity index is 486. The maximum atomic E-state index is 12.0. The number of aromatic nitrogens is 1. The third-order valence-electron chi connectivity index (χ3n) is 3.13. The van der Waals surface area contributed by atoms with E-state index in [1.54, 1.807) is 0 Å². The van der Waals surface area contributed by atoms with Crippen molar-refractivity contribution < 1.29 is 14.7 Å². The fourth-order valence-corrected chi connectivity index (χ4v) is 2.90. The van der Waals surface area contributed by atoms with Crippen LogP contribution >= 0.6 is 11.3 Å². The second kappa shape index (κ2) is 5.56. The Kier molecular flexibility index (Phi) is 4.04. The Morgan fingerprint density at radius 3 is 2.89 bits per heavy atom. The number of carboxylic acid groups (broad SMARTS) is 1. The Labute approximate surface area is 115 Å². The first-order valence-electron chi connectivity index (χ1n) is 6.25. The topological polar surface area (TPSA) is 82.5 Å². The molecule has 7 heteroatoms. The number of rotatable bonds is 3. The number of urea groups is 1. The van der Waals surface area contributed by atoms with Gasteiger partial charge in [-0.3, -0.25) is 5.32 Å². The molecule has 1 unspecified atom stereocenters. The van der Waals surface area contributed by atoms with E-state index in [2.05, 4.69) is 10.3 Å². The van der Waals surface area contributed by atoms with E-state index in [-0.39, 0.29) is 6.03 Å². The summed E-state index contributed by atoms with van der Waals surface area (Å²) in [6, 6.07) is -1.10. The minimum absolute atomic E-state index is 0.306. The van der Waals surface area contributed by atoms with E-state index in [0.717, 1.165) is 12.1 Å². The fourth-order valence-electron chi connectivity index (χ4n) is 2.04. The van der Waals surface area contributed by atoms with Crippen LogP contribution in [0.25, 0.3) is 0 Å². The van der Waals surface area contributed by atoms with Gasteiger partial charge in [-0.05, 0) is 18.8 Å². The summed E-state index contributed by atoms with van der Waals surface area (Å²) in [7, 11) is 0. The number of anilines is 1. The van der Waals surface area contributed by atoms with Crippen LogP contribution in [0.5, 0.6) is 0 Å². The second-order valence-corrected chi connectivity index (χ2v) is 5.71. The third kappa shape index (κ3) is 3.04. The van der Waals surface area contributed by atoms with Gasteiger partial charge in [-0.2, -0.15) is 0 Å². The number of carbonyl (C=O) groups excluding carboxylic acids is 1. The van der Waals surface area contributed by atoms with E-state index in [4.69, 9.17) is 5.11 Å². The number of aliphatic carboxylic acids is 1. The molecule has 2 heterocycles. The number of likely N-dealkylation sites (tertiary alicyclic amines) is 1. The lowest BCUT2D eigenvalue weighted by Crippen LogP contribution is -2.42. The summed E-state index contributed by atoms with van der Waals surface area (Å²) in [6.07, 6.45) is 1.23. The highest BCUT2D eigenvalue weighted by Crippen LogP contribution is 2.23. The molecule has 0 saturated carbocycles. The van der Waals surface area contributed by atoms with E-state index >= 15 is 0 Å². The zero-order valence-electron chi connectivity index (χ0n) is 10.9. The maximum absolute atomic E-state index is 12.0. The third-order valence-corrected chi connectivity index (χ3v) is 3.90. The van der Waals surface area contributed by atoms with Gasteiger partial charge in [-0.1, -0.05) is 13.8 Å². The van der Waals surface area contributed by atoms with E-state index in [1.165, 1.54) is 16.2 Å². The fraction of sp³-hybridized carbons (Fsp3) is 0.583. The van der Waals surface area contributed by atoms with Gasteiger partial charge in [0.2, 0.25) is 0 Å². The lowest BCUT2D eigenvalue weighted by molar-refractivity contribution is -0.141. The number of thiazole rings is 1. The average Bonchev–Trinajstić information content (AvgIpc) is 2.96. The van der Waals surface area contributed by atoms with Gasteiger partial charge in [0.15, 0.2) is 5.13 Å². The molecule has 1 aliphatic rings. The van der Waals surface area contributed by atoms with Gasteiger partial charge in [0.25, 0.3) is 0 Å². The smallest absolute Gasteiger partial charge is 0.326 e. The van der Waals surface area contributed by atoms with Gasteiger partial charge in [-0.25, -0.2) is 14.6 Å². The number of amides is 2. The maximum Gasteiger partial charge on any atom is 0.326 e. The molecular weight excluding hydrogens is 266 g/mol. The van der Waals surface area contributed by atoms with Crippen molar-refractivity contribution in [3.8, 4) is 0 Å². The Morgan fingerprint density at radius 2 is 2.32 bits per heavy atom. The van der Waals surface area contributed by atoms with Gasteiger partial charge in [0.05, 0.1) is 5.69 Å². The van der Waals surface area contributed by atoms with Gasteiger partial charge in [-0.15, -0.1) is 11.3 Å². The van der Waals surface area contributed by atoms with Crippen LogP contribution in [0.3, 0.4) is 0 Å². The molecule has 1 fully saturated rings. The first-order chi connectivity index (χ1) is 8.99. The SMILES string of the molecule is CC(C)c1csc(NC(=O)N2CCCC2C(=O)O)n1. The molecule has 1 aliphatic heterocycles.